The van der Waals surface area contributed by atoms with Gasteiger partial charge in [-0.05, 0) is 26.3 Å². The van der Waals surface area contributed by atoms with E-state index in [0.29, 0.717) is 24.4 Å². The van der Waals surface area contributed by atoms with Crippen molar-refractivity contribution in [3.05, 3.63) is 35.9 Å². The van der Waals surface area contributed by atoms with E-state index in [2.05, 4.69) is 10.5 Å². The number of oxime groups is 1. The van der Waals surface area contributed by atoms with E-state index in [1.54, 1.807) is 0 Å². The van der Waals surface area contributed by atoms with Gasteiger partial charge < -0.3 is 10.2 Å². The Morgan fingerprint density at radius 3 is 2.68 bits per heavy atom. The van der Waals surface area contributed by atoms with Crippen molar-refractivity contribution in [2.45, 2.75) is 38.0 Å². The van der Waals surface area contributed by atoms with Crippen LogP contribution in [0.3, 0.4) is 0 Å². The van der Waals surface area contributed by atoms with Crippen molar-refractivity contribution in [1.82, 2.24) is 5.32 Å². The number of hydrogen-bond acceptors (Lipinski definition) is 4. The van der Waals surface area contributed by atoms with Crippen molar-refractivity contribution in [2.24, 2.45) is 5.16 Å². The molecule has 6 heteroatoms. The smallest absolute Gasteiger partial charge is 0.269 e. The molecule has 0 spiro atoms. The Morgan fingerprint density at radius 2 is 2.05 bits per heavy atom. The molecule has 0 fully saturated rings. The second-order valence-electron chi connectivity index (χ2n) is 6.16. The van der Waals surface area contributed by atoms with Gasteiger partial charge in [-0.1, -0.05) is 35.5 Å². The van der Waals surface area contributed by atoms with Crippen LogP contribution in [0.4, 0.5) is 0 Å². The highest BCUT2D eigenvalue weighted by atomic mass is 32.2. The molecule has 1 aromatic rings. The highest BCUT2D eigenvalue weighted by Crippen LogP contribution is 2.26. The molecule has 0 saturated carbocycles. The van der Waals surface area contributed by atoms with Crippen molar-refractivity contribution >= 4 is 22.4 Å². The quantitative estimate of drug-likeness (QED) is 0.903. The van der Waals surface area contributed by atoms with Crippen molar-refractivity contribution in [1.29, 1.82) is 0 Å². The van der Waals surface area contributed by atoms with Crippen molar-refractivity contribution in [2.75, 3.05) is 12.3 Å². The normalized spacial score (nSPS) is 19.2. The zero-order valence-electron chi connectivity index (χ0n) is 13.2. The van der Waals surface area contributed by atoms with Gasteiger partial charge in [0.2, 0.25) is 0 Å². The second kappa shape index (κ2) is 7.05. The Morgan fingerprint density at radius 1 is 1.36 bits per heavy atom. The van der Waals surface area contributed by atoms with Gasteiger partial charge in [0.25, 0.3) is 5.91 Å². The minimum absolute atomic E-state index is 0.203. The lowest BCUT2D eigenvalue weighted by molar-refractivity contribution is -0.114. The number of carbonyl (C=O) groups is 1. The molecule has 0 saturated heterocycles. The molecular weight excluding hydrogens is 300 g/mol. The van der Waals surface area contributed by atoms with E-state index in [1.807, 2.05) is 51.1 Å². The third-order valence-corrected chi connectivity index (χ3v) is 5.30. The van der Waals surface area contributed by atoms with Gasteiger partial charge in [0.15, 0.2) is 6.10 Å². The summed E-state index contributed by atoms with van der Waals surface area (Å²) in [7, 11) is -0.978. The summed E-state index contributed by atoms with van der Waals surface area (Å²) in [6.07, 6.45) is 0.253. The van der Waals surface area contributed by atoms with Gasteiger partial charge >= 0.3 is 0 Å². The Balaban J connectivity index is 1.79. The van der Waals surface area contributed by atoms with Gasteiger partial charge in [-0.15, -0.1) is 0 Å². The highest BCUT2D eigenvalue weighted by Gasteiger charge is 2.27. The molecule has 0 aromatic heterocycles. The third-order valence-electron chi connectivity index (χ3n) is 3.36. The minimum atomic E-state index is -0.978. The van der Waals surface area contributed by atoms with Crippen LogP contribution in [0.2, 0.25) is 0 Å². The first-order valence-electron chi connectivity index (χ1n) is 7.32. The molecule has 1 aliphatic heterocycles. The summed E-state index contributed by atoms with van der Waals surface area (Å²) >= 11 is 0. The van der Waals surface area contributed by atoms with Crippen LogP contribution < -0.4 is 5.32 Å². The lowest BCUT2D eigenvalue weighted by Gasteiger charge is -2.17. The summed E-state index contributed by atoms with van der Waals surface area (Å²) in [6, 6.07) is 9.69. The predicted molar refractivity (Wildman–Crippen MR) is 88.1 cm³/mol. The molecule has 1 amide bonds. The zero-order valence-corrected chi connectivity index (χ0v) is 14.0. The highest BCUT2D eigenvalue weighted by molar-refractivity contribution is 7.86. The summed E-state index contributed by atoms with van der Waals surface area (Å²) in [4.78, 5) is 17.4. The van der Waals surface area contributed by atoms with Crippen molar-refractivity contribution in [3.8, 4) is 0 Å². The summed E-state index contributed by atoms with van der Waals surface area (Å²) in [5.74, 6) is 0.190. The van der Waals surface area contributed by atoms with E-state index in [-0.39, 0.29) is 16.8 Å². The summed E-state index contributed by atoms with van der Waals surface area (Å²) in [6.45, 7) is 6.14. The zero-order chi connectivity index (χ0) is 16.2. The van der Waals surface area contributed by atoms with Gasteiger partial charge in [0, 0.05) is 34.3 Å². The number of hydrogen-bond donors (Lipinski definition) is 1. The summed E-state index contributed by atoms with van der Waals surface area (Å²) < 4.78 is 11.6. The molecule has 1 aromatic carbocycles. The Kier molecular flexibility index (Phi) is 5.34. The van der Waals surface area contributed by atoms with Crippen LogP contribution in [0.1, 0.15) is 38.9 Å². The molecule has 0 bridgehead atoms. The number of rotatable bonds is 5. The maximum absolute atomic E-state index is 12.0. The average molecular weight is 322 g/mol. The fourth-order valence-electron chi connectivity index (χ4n) is 2.02. The minimum Gasteiger partial charge on any atom is -0.387 e. The second-order valence-corrected chi connectivity index (χ2v) is 8.49. The monoisotopic (exact) mass is 322 g/mol. The van der Waals surface area contributed by atoms with Gasteiger partial charge in [-0.3, -0.25) is 9.00 Å². The van der Waals surface area contributed by atoms with E-state index in [1.165, 1.54) is 0 Å². The Bertz CT molecular complexity index is 579. The first-order chi connectivity index (χ1) is 10.4. The van der Waals surface area contributed by atoms with E-state index < -0.39 is 10.8 Å². The maximum Gasteiger partial charge on any atom is 0.269 e. The first kappa shape index (κ1) is 16.7. The first-order valence-corrected chi connectivity index (χ1v) is 8.64. The molecule has 2 rings (SSSR count). The van der Waals surface area contributed by atoms with Gasteiger partial charge in [-0.25, -0.2) is 0 Å². The third kappa shape index (κ3) is 4.40. The molecular formula is C16H22N2O3S. The average Bonchev–Trinajstić information content (AvgIpc) is 2.97. The SMILES string of the molecule is CC(C)(C)[S@](=O)CCNC(=O)C1=NO[C@@H](c2ccccc2)C1. The van der Waals surface area contributed by atoms with Crippen molar-refractivity contribution < 1.29 is 13.8 Å². The molecule has 1 aliphatic rings. The molecule has 5 nitrogen and oxygen atoms in total. The molecule has 1 N–H and O–H groups in total. The van der Waals surface area contributed by atoms with Gasteiger partial charge in [0.1, 0.15) is 5.71 Å². The fraction of sp³-hybridized carbons (Fsp3) is 0.500. The predicted octanol–water partition coefficient (Wildman–Crippen LogP) is 2.17. The van der Waals surface area contributed by atoms with E-state index >= 15 is 0 Å². The number of benzene rings is 1. The number of nitrogens with zero attached hydrogens (tertiary/aromatic N) is 1. The molecule has 2 atom stereocenters. The lowest BCUT2D eigenvalue weighted by Crippen LogP contribution is -2.35. The van der Waals surface area contributed by atoms with Crippen LogP contribution in [0.5, 0.6) is 0 Å². The molecule has 0 unspecified atom stereocenters. The Hall–Kier alpha value is -1.69. The van der Waals surface area contributed by atoms with Crippen LogP contribution in [-0.4, -0.2) is 32.9 Å². The van der Waals surface area contributed by atoms with Gasteiger partial charge in [0.05, 0.1) is 0 Å². The fourth-order valence-corrected chi connectivity index (χ4v) is 2.92. The maximum atomic E-state index is 12.0. The molecule has 120 valence electrons. The lowest BCUT2D eigenvalue weighted by atomic mass is 10.0. The topological polar surface area (TPSA) is 67.8 Å². The number of nitrogens with one attached hydrogen (secondary N) is 1. The van der Waals surface area contributed by atoms with E-state index in [9.17, 15) is 9.00 Å². The van der Waals surface area contributed by atoms with Crippen LogP contribution in [0.15, 0.2) is 35.5 Å². The number of amides is 1. The summed E-state index contributed by atoms with van der Waals surface area (Å²) in [5.41, 5.74) is 1.39. The molecule has 1 heterocycles. The largest absolute Gasteiger partial charge is 0.387 e. The summed E-state index contributed by atoms with van der Waals surface area (Å²) in [5, 5.41) is 6.63. The van der Waals surface area contributed by atoms with Crippen LogP contribution >= 0.6 is 0 Å². The van der Waals surface area contributed by atoms with Crippen LogP contribution in [0, 0.1) is 0 Å². The molecule has 22 heavy (non-hydrogen) atoms. The van der Waals surface area contributed by atoms with Gasteiger partial charge in [-0.2, -0.15) is 0 Å². The number of carbonyl (C=O) groups excluding carboxylic acids is 1. The van der Waals surface area contributed by atoms with E-state index in [4.69, 9.17) is 4.84 Å². The van der Waals surface area contributed by atoms with Crippen molar-refractivity contribution in [3.63, 3.8) is 0 Å². The standard InChI is InChI=1S/C16H22N2O3S/c1-16(2,3)22(20)10-9-17-15(19)13-11-14(21-18-13)12-7-5-4-6-8-12/h4-8,14H,9-11H2,1-3H3,(H,17,19)/t14-,22-/m1/s1. The van der Waals surface area contributed by atoms with E-state index in [0.717, 1.165) is 5.56 Å². The molecule has 0 aliphatic carbocycles. The van der Waals surface area contributed by atoms with Crippen LogP contribution in [-0.2, 0) is 20.4 Å². The Labute approximate surface area is 133 Å². The van der Waals surface area contributed by atoms with Crippen LogP contribution in [0.25, 0.3) is 0 Å². The molecule has 0 radical (unpaired) electrons.